The van der Waals surface area contributed by atoms with Crippen LogP contribution in [0, 0.1) is 0 Å². The highest BCUT2D eigenvalue weighted by molar-refractivity contribution is 5.87. The van der Waals surface area contributed by atoms with E-state index in [4.69, 9.17) is 0 Å². The quantitative estimate of drug-likeness (QED) is 0.905. The molecule has 2 heterocycles. The Morgan fingerprint density at radius 3 is 2.71 bits per heavy atom. The first-order valence-corrected chi connectivity index (χ1v) is 8.80. The number of hydrogen-bond donors (Lipinski definition) is 1. The van der Waals surface area contributed by atoms with Gasteiger partial charge in [-0.25, -0.2) is 4.79 Å². The van der Waals surface area contributed by atoms with Crippen LogP contribution in [-0.4, -0.2) is 65.0 Å². The molecule has 2 saturated heterocycles. The van der Waals surface area contributed by atoms with Gasteiger partial charge in [-0.3, -0.25) is 14.6 Å². The maximum atomic E-state index is 12.4. The third-order valence-corrected chi connectivity index (χ3v) is 5.09. The molecule has 3 amide bonds. The molecule has 0 bridgehead atoms. The van der Waals surface area contributed by atoms with Gasteiger partial charge in [0.15, 0.2) is 0 Å². The van der Waals surface area contributed by atoms with Gasteiger partial charge in [0.25, 0.3) is 0 Å². The summed E-state index contributed by atoms with van der Waals surface area (Å²) in [6.07, 6.45) is 3.13. The van der Waals surface area contributed by atoms with Crippen molar-refractivity contribution in [1.29, 1.82) is 0 Å². The normalized spacial score (nSPS) is 24.7. The fourth-order valence-corrected chi connectivity index (χ4v) is 3.61. The molecule has 6 nitrogen and oxygen atoms in total. The van der Waals surface area contributed by atoms with Gasteiger partial charge >= 0.3 is 6.03 Å². The number of carbonyl (C=O) groups excluding carboxylic acids is 2. The van der Waals surface area contributed by atoms with Crippen LogP contribution in [0.3, 0.4) is 0 Å². The summed E-state index contributed by atoms with van der Waals surface area (Å²) in [4.78, 5) is 30.2. The summed E-state index contributed by atoms with van der Waals surface area (Å²) in [5, 5.41) is 3.10. The highest BCUT2D eigenvalue weighted by Gasteiger charge is 2.40. The maximum Gasteiger partial charge on any atom is 0.319 e. The Bertz CT molecular complexity index is 617. The number of rotatable bonds is 4. The van der Waals surface area contributed by atoms with E-state index in [1.54, 1.807) is 4.90 Å². The van der Waals surface area contributed by atoms with Gasteiger partial charge < -0.3 is 10.2 Å². The van der Waals surface area contributed by atoms with E-state index >= 15 is 0 Å². The zero-order chi connectivity index (χ0) is 16.5. The van der Waals surface area contributed by atoms with Gasteiger partial charge in [0.05, 0.1) is 6.67 Å². The molecule has 3 fully saturated rings. The molecular weight excluding hydrogens is 304 g/mol. The number of likely N-dealkylation sites (tertiary alicyclic amines) is 1. The topological polar surface area (TPSA) is 55.9 Å². The summed E-state index contributed by atoms with van der Waals surface area (Å²) in [7, 11) is 0. The fraction of sp³-hybridized carbons (Fsp3) is 0.556. The Morgan fingerprint density at radius 2 is 1.96 bits per heavy atom. The molecule has 0 spiro atoms. The van der Waals surface area contributed by atoms with Crippen molar-refractivity contribution in [3.63, 3.8) is 0 Å². The van der Waals surface area contributed by atoms with Crippen LogP contribution in [0.25, 0.3) is 0 Å². The monoisotopic (exact) mass is 328 g/mol. The minimum Gasteiger partial charge on any atom is -0.334 e. The SMILES string of the molecule is O=C(N[C@H]1CCN(Cc2ccccc2)C1)N1CC(=O)N(C2CC2)C1. The Kier molecular flexibility index (Phi) is 4.14. The summed E-state index contributed by atoms with van der Waals surface area (Å²) < 4.78 is 0. The summed E-state index contributed by atoms with van der Waals surface area (Å²) >= 11 is 0. The van der Waals surface area contributed by atoms with Crippen molar-refractivity contribution >= 4 is 11.9 Å². The summed E-state index contributed by atoms with van der Waals surface area (Å²) in [5.74, 6) is 0.0878. The van der Waals surface area contributed by atoms with Gasteiger partial charge in [0.1, 0.15) is 6.54 Å². The molecular formula is C18H24N4O2. The number of nitrogens with zero attached hydrogens (tertiary/aromatic N) is 3. The molecule has 1 atom stereocenters. The Balaban J connectivity index is 1.26. The zero-order valence-electron chi connectivity index (χ0n) is 13.9. The second-order valence-corrected chi connectivity index (χ2v) is 7.09. The standard InChI is InChI=1S/C18H24N4O2/c23-17-12-21(13-22(17)16-6-7-16)18(24)19-15-8-9-20(11-15)10-14-4-2-1-3-5-14/h1-5,15-16H,6-13H2,(H,19,24)/t15-/m0/s1. The zero-order valence-corrected chi connectivity index (χ0v) is 13.9. The second-order valence-electron chi connectivity index (χ2n) is 7.09. The minimum atomic E-state index is -0.0990. The summed E-state index contributed by atoms with van der Waals surface area (Å²) in [6, 6.07) is 10.9. The average Bonchev–Trinajstić information content (AvgIpc) is 3.21. The summed E-state index contributed by atoms with van der Waals surface area (Å²) in [5.41, 5.74) is 1.30. The van der Waals surface area contributed by atoms with Crippen molar-refractivity contribution in [2.75, 3.05) is 26.3 Å². The van der Waals surface area contributed by atoms with E-state index in [1.165, 1.54) is 5.56 Å². The molecule has 1 N–H and O–H groups in total. The first-order valence-electron chi connectivity index (χ1n) is 8.80. The van der Waals surface area contributed by atoms with Crippen molar-refractivity contribution in [2.45, 2.75) is 37.9 Å². The van der Waals surface area contributed by atoms with Gasteiger partial charge in [0.2, 0.25) is 5.91 Å². The molecule has 3 aliphatic rings. The van der Waals surface area contributed by atoms with E-state index in [-0.39, 0.29) is 24.5 Å². The molecule has 1 aliphatic carbocycles. The van der Waals surface area contributed by atoms with Crippen molar-refractivity contribution in [3.8, 4) is 0 Å². The number of benzene rings is 1. The molecule has 2 aliphatic heterocycles. The number of carbonyl (C=O) groups is 2. The third kappa shape index (κ3) is 3.38. The van der Waals surface area contributed by atoms with Crippen LogP contribution in [-0.2, 0) is 11.3 Å². The van der Waals surface area contributed by atoms with Crippen LogP contribution < -0.4 is 5.32 Å². The smallest absolute Gasteiger partial charge is 0.319 e. The fourth-order valence-electron chi connectivity index (χ4n) is 3.61. The van der Waals surface area contributed by atoms with Gasteiger partial charge in [0, 0.05) is 31.7 Å². The van der Waals surface area contributed by atoms with Gasteiger partial charge in [-0.15, -0.1) is 0 Å². The summed E-state index contributed by atoms with van der Waals surface area (Å²) in [6.45, 7) is 3.46. The van der Waals surface area contributed by atoms with Gasteiger partial charge in [-0.2, -0.15) is 0 Å². The second kappa shape index (κ2) is 6.43. The Labute approximate surface area is 142 Å². The van der Waals surface area contributed by atoms with Crippen LogP contribution in [0.5, 0.6) is 0 Å². The van der Waals surface area contributed by atoms with E-state index in [0.29, 0.717) is 12.7 Å². The number of amides is 3. The maximum absolute atomic E-state index is 12.4. The van der Waals surface area contributed by atoms with E-state index in [1.807, 2.05) is 11.0 Å². The highest BCUT2D eigenvalue weighted by atomic mass is 16.2. The van der Waals surface area contributed by atoms with Gasteiger partial charge in [-0.1, -0.05) is 30.3 Å². The third-order valence-electron chi connectivity index (χ3n) is 5.09. The van der Waals surface area contributed by atoms with Crippen molar-refractivity contribution in [1.82, 2.24) is 20.0 Å². The lowest BCUT2D eigenvalue weighted by Gasteiger charge is -2.21. The lowest BCUT2D eigenvalue weighted by molar-refractivity contribution is -0.127. The van der Waals surface area contributed by atoms with Crippen LogP contribution in [0.1, 0.15) is 24.8 Å². The average molecular weight is 328 g/mol. The first kappa shape index (κ1) is 15.4. The van der Waals surface area contributed by atoms with Crippen LogP contribution >= 0.6 is 0 Å². The molecule has 4 rings (SSSR count). The van der Waals surface area contributed by atoms with Crippen LogP contribution in [0.2, 0.25) is 0 Å². The molecule has 0 unspecified atom stereocenters. The first-order chi connectivity index (χ1) is 11.7. The van der Waals surface area contributed by atoms with Crippen molar-refractivity contribution in [3.05, 3.63) is 35.9 Å². The molecule has 1 saturated carbocycles. The lowest BCUT2D eigenvalue weighted by atomic mass is 10.2. The number of urea groups is 1. The molecule has 1 aromatic rings. The number of hydrogen-bond acceptors (Lipinski definition) is 3. The largest absolute Gasteiger partial charge is 0.334 e. The van der Waals surface area contributed by atoms with E-state index in [9.17, 15) is 9.59 Å². The molecule has 0 aromatic heterocycles. The van der Waals surface area contributed by atoms with Crippen molar-refractivity contribution in [2.24, 2.45) is 0 Å². The Hall–Kier alpha value is -2.08. The Morgan fingerprint density at radius 1 is 1.17 bits per heavy atom. The molecule has 6 heteroatoms. The van der Waals surface area contributed by atoms with E-state index in [2.05, 4.69) is 34.5 Å². The van der Waals surface area contributed by atoms with E-state index in [0.717, 1.165) is 38.9 Å². The minimum absolute atomic E-state index is 0.0878. The molecule has 128 valence electrons. The highest BCUT2D eigenvalue weighted by Crippen LogP contribution is 2.29. The van der Waals surface area contributed by atoms with Crippen molar-refractivity contribution < 1.29 is 9.59 Å². The van der Waals surface area contributed by atoms with Crippen LogP contribution in [0.4, 0.5) is 4.79 Å². The molecule has 1 aromatic carbocycles. The van der Waals surface area contributed by atoms with Crippen LogP contribution in [0.15, 0.2) is 30.3 Å². The van der Waals surface area contributed by atoms with E-state index < -0.39 is 0 Å². The molecule has 0 radical (unpaired) electrons. The molecule has 24 heavy (non-hydrogen) atoms. The lowest BCUT2D eigenvalue weighted by Crippen LogP contribution is -2.45. The van der Waals surface area contributed by atoms with Gasteiger partial charge in [-0.05, 0) is 24.8 Å². The predicted octanol–water partition coefficient (Wildman–Crippen LogP) is 1.23. The number of nitrogens with one attached hydrogen (secondary N) is 1. The predicted molar refractivity (Wildman–Crippen MR) is 90.1 cm³/mol.